The highest BCUT2D eigenvalue weighted by Gasteiger charge is 2.06. The SMILES string of the molecule is Cc1c(N)ncnc1Oc1ccc(I)cc1. The number of hydrogen-bond acceptors (Lipinski definition) is 4. The van der Waals surface area contributed by atoms with Crippen molar-refractivity contribution in [3.8, 4) is 11.6 Å². The van der Waals surface area contributed by atoms with E-state index in [1.54, 1.807) is 0 Å². The Morgan fingerprint density at radius 2 is 1.88 bits per heavy atom. The number of benzene rings is 1. The van der Waals surface area contributed by atoms with Crippen LogP contribution in [0, 0.1) is 10.5 Å². The van der Waals surface area contributed by atoms with Gasteiger partial charge in [-0.05, 0) is 53.8 Å². The molecule has 5 heteroatoms. The van der Waals surface area contributed by atoms with Crippen LogP contribution in [-0.4, -0.2) is 9.97 Å². The first-order valence-corrected chi connectivity index (χ1v) is 5.75. The lowest BCUT2D eigenvalue weighted by Gasteiger charge is -2.07. The van der Waals surface area contributed by atoms with Crippen LogP contribution in [0.5, 0.6) is 11.6 Å². The van der Waals surface area contributed by atoms with Gasteiger partial charge in [-0.1, -0.05) is 0 Å². The number of hydrogen-bond donors (Lipinski definition) is 1. The first-order chi connectivity index (χ1) is 7.66. The van der Waals surface area contributed by atoms with E-state index in [4.69, 9.17) is 10.5 Å². The Bertz CT molecular complexity index is 499. The van der Waals surface area contributed by atoms with Crippen LogP contribution in [0.2, 0.25) is 0 Å². The molecule has 0 aliphatic carbocycles. The van der Waals surface area contributed by atoms with Crippen LogP contribution >= 0.6 is 22.6 Å². The summed E-state index contributed by atoms with van der Waals surface area (Å²) in [5.41, 5.74) is 6.42. The lowest BCUT2D eigenvalue weighted by atomic mass is 10.3. The molecule has 0 saturated carbocycles. The fourth-order valence-corrected chi connectivity index (χ4v) is 1.52. The second-order valence-electron chi connectivity index (χ2n) is 3.25. The molecule has 2 aromatic rings. The number of aromatic nitrogens is 2. The summed E-state index contributed by atoms with van der Waals surface area (Å²) in [6.45, 7) is 1.83. The summed E-state index contributed by atoms with van der Waals surface area (Å²) in [6.07, 6.45) is 1.39. The van der Waals surface area contributed by atoms with Crippen molar-refractivity contribution >= 4 is 28.4 Å². The van der Waals surface area contributed by atoms with Gasteiger partial charge in [0.25, 0.3) is 0 Å². The average molecular weight is 327 g/mol. The third-order valence-corrected chi connectivity index (χ3v) is 2.82. The Morgan fingerprint density at radius 3 is 2.56 bits per heavy atom. The van der Waals surface area contributed by atoms with Gasteiger partial charge in [0.1, 0.15) is 17.9 Å². The van der Waals surface area contributed by atoms with Gasteiger partial charge in [-0.25, -0.2) is 9.97 Å². The number of ether oxygens (including phenoxy) is 1. The Kier molecular flexibility index (Phi) is 3.23. The summed E-state index contributed by atoms with van der Waals surface area (Å²) in [4.78, 5) is 7.92. The first-order valence-electron chi connectivity index (χ1n) is 4.67. The Morgan fingerprint density at radius 1 is 1.19 bits per heavy atom. The van der Waals surface area contributed by atoms with E-state index < -0.39 is 0 Å². The average Bonchev–Trinajstić information content (AvgIpc) is 2.28. The van der Waals surface area contributed by atoms with Crippen LogP contribution in [0.15, 0.2) is 30.6 Å². The molecule has 0 bridgehead atoms. The topological polar surface area (TPSA) is 61.0 Å². The molecule has 16 heavy (non-hydrogen) atoms. The second-order valence-corrected chi connectivity index (χ2v) is 4.49. The van der Waals surface area contributed by atoms with E-state index in [9.17, 15) is 0 Å². The molecule has 2 rings (SSSR count). The van der Waals surface area contributed by atoms with Gasteiger partial charge in [0, 0.05) is 3.57 Å². The zero-order valence-corrected chi connectivity index (χ0v) is 10.8. The molecule has 1 aromatic heterocycles. The summed E-state index contributed by atoms with van der Waals surface area (Å²) in [5, 5.41) is 0. The van der Waals surface area contributed by atoms with Crippen LogP contribution in [0.25, 0.3) is 0 Å². The second kappa shape index (κ2) is 4.65. The highest BCUT2D eigenvalue weighted by molar-refractivity contribution is 14.1. The number of nitrogens with two attached hydrogens (primary N) is 1. The number of anilines is 1. The van der Waals surface area contributed by atoms with Gasteiger partial charge in [0.05, 0.1) is 5.56 Å². The summed E-state index contributed by atoms with van der Waals surface area (Å²) in [5.74, 6) is 1.67. The molecule has 0 fully saturated rings. The van der Waals surface area contributed by atoms with Gasteiger partial charge < -0.3 is 10.5 Å². The molecule has 4 nitrogen and oxygen atoms in total. The maximum atomic E-state index is 5.67. The van der Waals surface area contributed by atoms with Crippen LogP contribution in [0.4, 0.5) is 5.82 Å². The number of halogens is 1. The number of rotatable bonds is 2. The van der Waals surface area contributed by atoms with E-state index in [1.807, 2.05) is 31.2 Å². The minimum Gasteiger partial charge on any atom is -0.439 e. The van der Waals surface area contributed by atoms with Crippen molar-refractivity contribution in [1.82, 2.24) is 9.97 Å². The Labute approximate surface area is 107 Å². The predicted molar refractivity (Wildman–Crippen MR) is 70.4 cm³/mol. The van der Waals surface area contributed by atoms with Crippen LogP contribution in [0.3, 0.4) is 0 Å². The maximum absolute atomic E-state index is 5.67. The minimum atomic E-state index is 0.440. The van der Waals surface area contributed by atoms with E-state index in [0.29, 0.717) is 11.7 Å². The molecule has 0 unspecified atom stereocenters. The van der Waals surface area contributed by atoms with Crippen molar-refractivity contribution in [2.45, 2.75) is 6.92 Å². The van der Waals surface area contributed by atoms with Crippen molar-refractivity contribution in [3.63, 3.8) is 0 Å². The van der Waals surface area contributed by atoms with Gasteiger partial charge in [0.15, 0.2) is 0 Å². The molecular formula is C11H10IN3O. The molecule has 0 amide bonds. The van der Waals surface area contributed by atoms with E-state index in [2.05, 4.69) is 32.6 Å². The molecule has 0 aliphatic rings. The summed E-state index contributed by atoms with van der Waals surface area (Å²) in [6, 6.07) is 7.71. The molecule has 1 heterocycles. The summed E-state index contributed by atoms with van der Waals surface area (Å²) < 4.78 is 6.77. The van der Waals surface area contributed by atoms with E-state index >= 15 is 0 Å². The third-order valence-electron chi connectivity index (χ3n) is 2.10. The number of nitrogen functional groups attached to an aromatic ring is 1. The fraction of sp³-hybridized carbons (Fsp3) is 0.0909. The van der Waals surface area contributed by atoms with Crippen LogP contribution in [0.1, 0.15) is 5.56 Å². The number of nitrogens with zero attached hydrogens (tertiary/aromatic N) is 2. The van der Waals surface area contributed by atoms with Crippen molar-refractivity contribution in [2.24, 2.45) is 0 Å². The highest BCUT2D eigenvalue weighted by atomic mass is 127. The smallest absolute Gasteiger partial charge is 0.227 e. The minimum absolute atomic E-state index is 0.440. The zero-order chi connectivity index (χ0) is 11.5. The quantitative estimate of drug-likeness (QED) is 0.862. The molecule has 0 saturated heterocycles. The molecule has 0 spiro atoms. The lowest BCUT2D eigenvalue weighted by Crippen LogP contribution is -1.98. The third kappa shape index (κ3) is 2.41. The van der Waals surface area contributed by atoms with Crippen LogP contribution in [-0.2, 0) is 0 Å². The standard InChI is InChI=1S/C11H10IN3O/c1-7-10(13)14-6-15-11(7)16-9-4-2-8(12)3-5-9/h2-6H,1H3,(H2,13,14,15). The van der Waals surface area contributed by atoms with E-state index in [0.717, 1.165) is 14.9 Å². The molecule has 82 valence electrons. The Balaban J connectivity index is 2.27. The van der Waals surface area contributed by atoms with Crippen molar-refractivity contribution in [3.05, 3.63) is 39.7 Å². The summed E-state index contributed by atoms with van der Waals surface area (Å²) in [7, 11) is 0. The van der Waals surface area contributed by atoms with Gasteiger partial charge in [-0.3, -0.25) is 0 Å². The van der Waals surface area contributed by atoms with Crippen molar-refractivity contribution in [2.75, 3.05) is 5.73 Å². The zero-order valence-electron chi connectivity index (χ0n) is 8.64. The molecular weight excluding hydrogens is 317 g/mol. The molecule has 2 N–H and O–H groups in total. The maximum Gasteiger partial charge on any atom is 0.227 e. The van der Waals surface area contributed by atoms with Gasteiger partial charge in [-0.15, -0.1) is 0 Å². The van der Waals surface area contributed by atoms with Crippen molar-refractivity contribution < 1.29 is 4.74 Å². The van der Waals surface area contributed by atoms with E-state index in [-0.39, 0.29) is 0 Å². The Hall–Kier alpha value is -1.37. The lowest BCUT2D eigenvalue weighted by molar-refractivity contribution is 0.458. The summed E-state index contributed by atoms with van der Waals surface area (Å²) >= 11 is 2.24. The largest absolute Gasteiger partial charge is 0.439 e. The van der Waals surface area contributed by atoms with Gasteiger partial charge in [-0.2, -0.15) is 0 Å². The molecule has 0 radical (unpaired) electrons. The van der Waals surface area contributed by atoms with Gasteiger partial charge in [0.2, 0.25) is 5.88 Å². The van der Waals surface area contributed by atoms with Crippen LogP contribution < -0.4 is 10.5 Å². The normalized spacial score (nSPS) is 10.1. The molecule has 0 atom stereocenters. The molecule has 0 aliphatic heterocycles. The van der Waals surface area contributed by atoms with Crippen molar-refractivity contribution in [1.29, 1.82) is 0 Å². The van der Waals surface area contributed by atoms with E-state index in [1.165, 1.54) is 6.33 Å². The molecule has 1 aromatic carbocycles. The van der Waals surface area contributed by atoms with Gasteiger partial charge >= 0.3 is 0 Å². The first kappa shape index (κ1) is 11.1. The fourth-order valence-electron chi connectivity index (χ4n) is 1.16. The monoisotopic (exact) mass is 327 g/mol. The predicted octanol–water partition coefficient (Wildman–Crippen LogP) is 2.76. The highest BCUT2D eigenvalue weighted by Crippen LogP contribution is 2.24.